The Hall–Kier alpha value is -9.66. The summed E-state index contributed by atoms with van der Waals surface area (Å²) in [6, 6.07) is 9.99. The van der Waals surface area contributed by atoms with Crippen LogP contribution in [0.5, 0.6) is 0 Å². The van der Waals surface area contributed by atoms with Gasteiger partial charge in [-0.05, 0) is 32.4 Å². The minimum Gasteiger partial charge on any atom is -0.323 e. The standard InChI is InChI=1S/C9H14N6.C9H11N5.C8H9F3N6.C8H10F2N6.C8H12N6/c1-4-7-5-8(15(3)13-7)11-9-12-10-6-14(9)2;1-7-8(4-3-5-10-7)12-9-13-11-6-14(9)2;1-16-4-12-14-7(16)13-6-3-5(8(9,10)11)15-17(6)2;1-15-4-11-13-8(15)12-6-3-5(7(9)10)14-16(6)2;1-6-4-7(14(3)12-6)10-8-11-9-5-13(8)2/h5-6H,4H2,1-3H3,(H,11,12);3-6H,1-2H3,(H,12,13);3-4H,1-2H3,(H,13,14);3-4,7H,1-2H3,(H,12,13);4-5H,1-3H3,(H,10,11). The Morgan fingerprint density at radius 2 is 0.895 bits per heavy atom. The van der Waals surface area contributed by atoms with Gasteiger partial charge in [0.15, 0.2) is 5.69 Å². The van der Waals surface area contributed by atoms with Crippen molar-refractivity contribution in [3.63, 3.8) is 0 Å². The molecule has 0 aromatic carbocycles. The molecule has 404 valence electrons. The number of hydrogen-bond donors (Lipinski definition) is 5. The molecule has 0 spiro atoms. The molecule has 29 nitrogen and oxygen atoms in total. The van der Waals surface area contributed by atoms with E-state index < -0.39 is 18.3 Å². The summed E-state index contributed by atoms with van der Waals surface area (Å²) in [4.78, 5) is 4.17. The Morgan fingerprint density at radius 1 is 0.500 bits per heavy atom. The highest BCUT2D eigenvalue weighted by Crippen LogP contribution is 2.30. The van der Waals surface area contributed by atoms with Gasteiger partial charge >= 0.3 is 6.18 Å². The number of aryl methyl sites for hydroxylation is 12. The molecular formula is C42H56F5N29. The molecule has 0 unspecified atom stereocenters. The van der Waals surface area contributed by atoms with Crippen LogP contribution >= 0.6 is 0 Å². The van der Waals surface area contributed by atoms with E-state index in [1.807, 2.05) is 87.1 Å². The zero-order valence-electron chi connectivity index (χ0n) is 43.3. The lowest BCUT2D eigenvalue weighted by Gasteiger charge is -2.06. The molecule has 10 rings (SSSR count). The number of pyridine rings is 1. The lowest BCUT2D eigenvalue weighted by Crippen LogP contribution is -2.06. The third-order valence-corrected chi connectivity index (χ3v) is 10.4. The van der Waals surface area contributed by atoms with Gasteiger partial charge in [-0.1, -0.05) is 6.92 Å². The second kappa shape index (κ2) is 24.8. The van der Waals surface area contributed by atoms with Crippen LogP contribution in [0.25, 0.3) is 0 Å². The molecule has 0 aliphatic rings. The largest absolute Gasteiger partial charge is 0.435 e. The van der Waals surface area contributed by atoms with Crippen LogP contribution in [0.2, 0.25) is 0 Å². The van der Waals surface area contributed by atoms with E-state index in [0.29, 0.717) is 35.6 Å². The molecule has 5 N–H and O–H groups in total. The summed E-state index contributed by atoms with van der Waals surface area (Å²) in [5.74, 6) is 5.36. The molecule has 34 heteroatoms. The van der Waals surface area contributed by atoms with Crippen molar-refractivity contribution < 1.29 is 22.0 Å². The molecule has 0 saturated carbocycles. The molecule has 0 radical (unpaired) electrons. The lowest BCUT2D eigenvalue weighted by molar-refractivity contribution is -0.141. The van der Waals surface area contributed by atoms with Crippen LogP contribution in [0.15, 0.2) is 74.2 Å². The van der Waals surface area contributed by atoms with Crippen molar-refractivity contribution in [3.05, 3.63) is 103 Å². The normalized spacial score (nSPS) is 10.9. The number of aromatic nitrogens is 24. The first kappa shape index (κ1) is 55.7. The first-order chi connectivity index (χ1) is 36.1. The molecule has 10 aromatic rings. The zero-order chi connectivity index (χ0) is 55.3. The molecule has 10 heterocycles. The van der Waals surface area contributed by atoms with E-state index >= 15 is 0 Å². The highest BCUT2D eigenvalue weighted by molar-refractivity contribution is 5.56. The van der Waals surface area contributed by atoms with Gasteiger partial charge in [0.25, 0.3) is 6.43 Å². The van der Waals surface area contributed by atoms with Gasteiger partial charge in [-0.2, -0.15) is 33.6 Å². The van der Waals surface area contributed by atoms with Crippen molar-refractivity contribution >= 4 is 58.7 Å². The molecular weight excluding hydrogens is 1010 g/mol. The minimum atomic E-state index is -4.46. The number of rotatable bonds is 12. The van der Waals surface area contributed by atoms with E-state index in [9.17, 15) is 22.0 Å². The minimum absolute atomic E-state index is 0.188. The number of nitrogens with one attached hydrogen (secondary N) is 5. The average molecular weight is 1060 g/mol. The maximum atomic E-state index is 12.4. The number of nitrogens with zero attached hydrogens (tertiary/aromatic N) is 24. The van der Waals surface area contributed by atoms with Gasteiger partial charge in [0.2, 0.25) is 29.7 Å². The number of hydrogen-bond acceptors (Lipinski definition) is 20. The SMILES string of the molecule is CCc1cc(Nc2nncn2C)n(C)n1.Cc1cc(Nc2nncn2C)n(C)n1.Cc1ncccc1Nc1nncn1C.Cn1cnnc1Nc1cc(C(F)(F)F)nn1C.Cn1cnnc1Nc1cc(C(F)F)nn1C. The molecule has 0 saturated heterocycles. The fourth-order valence-electron chi connectivity index (χ4n) is 6.16. The van der Waals surface area contributed by atoms with Crippen LogP contribution < -0.4 is 26.6 Å². The molecule has 0 bridgehead atoms. The van der Waals surface area contributed by atoms with Gasteiger partial charge in [0, 0.05) is 93.9 Å². The molecule has 0 fully saturated rings. The van der Waals surface area contributed by atoms with E-state index in [4.69, 9.17) is 0 Å². The molecule has 0 aliphatic carbocycles. The fraction of sp³-hybridized carbons (Fsp3) is 0.357. The van der Waals surface area contributed by atoms with Crippen LogP contribution in [0.1, 0.15) is 41.8 Å². The maximum absolute atomic E-state index is 12.4. The summed E-state index contributed by atoms with van der Waals surface area (Å²) in [5.41, 5.74) is 2.69. The summed E-state index contributed by atoms with van der Waals surface area (Å²) in [5, 5.41) is 68.5. The van der Waals surface area contributed by atoms with Crippen molar-refractivity contribution in [2.45, 2.75) is 39.8 Å². The Bertz CT molecular complexity index is 3380. The zero-order valence-corrected chi connectivity index (χ0v) is 43.3. The fourth-order valence-corrected chi connectivity index (χ4v) is 6.16. The smallest absolute Gasteiger partial charge is 0.323 e. The molecule has 0 amide bonds. The summed E-state index contributed by atoms with van der Waals surface area (Å²) in [6.45, 7) is 5.97. The maximum Gasteiger partial charge on any atom is 0.435 e. The van der Waals surface area contributed by atoms with Crippen molar-refractivity contribution in [1.29, 1.82) is 0 Å². The van der Waals surface area contributed by atoms with Gasteiger partial charge in [-0.3, -0.25) is 23.7 Å². The first-order valence-corrected chi connectivity index (χ1v) is 22.5. The van der Waals surface area contributed by atoms with Crippen LogP contribution in [0, 0.1) is 13.8 Å². The highest BCUT2D eigenvalue weighted by Gasteiger charge is 2.34. The number of alkyl halides is 5. The van der Waals surface area contributed by atoms with E-state index in [2.05, 4.69) is 110 Å². The number of anilines is 10. The molecule has 0 aliphatic heterocycles. The van der Waals surface area contributed by atoms with Crippen molar-refractivity contribution in [2.75, 3.05) is 26.6 Å². The summed E-state index contributed by atoms with van der Waals surface area (Å²) >= 11 is 0. The van der Waals surface area contributed by atoms with Crippen LogP contribution in [0.3, 0.4) is 0 Å². The third-order valence-electron chi connectivity index (χ3n) is 10.4. The van der Waals surface area contributed by atoms with Gasteiger partial charge < -0.3 is 49.4 Å². The monoisotopic (exact) mass is 1060 g/mol. The van der Waals surface area contributed by atoms with Crippen molar-refractivity contribution in [1.82, 2.24) is 118 Å². The van der Waals surface area contributed by atoms with Gasteiger partial charge in [-0.25, -0.2) is 8.78 Å². The molecule has 76 heavy (non-hydrogen) atoms. The quantitative estimate of drug-likeness (QED) is 0.0975. The van der Waals surface area contributed by atoms with Crippen molar-refractivity contribution in [3.8, 4) is 0 Å². The number of halogens is 5. The van der Waals surface area contributed by atoms with E-state index in [1.165, 1.54) is 30.5 Å². The average Bonchev–Trinajstić information content (AvgIpc) is 4.26. The Balaban J connectivity index is 0.000000154. The second-order valence-electron chi connectivity index (χ2n) is 16.3. The predicted molar refractivity (Wildman–Crippen MR) is 267 cm³/mol. The lowest BCUT2D eigenvalue weighted by atomic mass is 10.3. The molecule has 0 atom stereocenters. The van der Waals surface area contributed by atoms with E-state index in [0.717, 1.165) is 51.6 Å². The van der Waals surface area contributed by atoms with Gasteiger partial charge in [-0.15, -0.1) is 51.0 Å². The Morgan fingerprint density at radius 3 is 1.24 bits per heavy atom. The first-order valence-electron chi connectivity index (χ1n) is 22.5. The van der Waals surface area contributed by atoms with Crippen LogP contribution in [-0.4, -0.2) is 118 Å². The molecule has 10 aromatic heterocycles. The topological polar surface area (TPSA) is 298 Å². The van der Waals surface area contributed by atoms with E-state index in [1.54, 1.807) is 64.8 Å². The highest BCUT2D eigenvalue weighted by atomic mass is 19.4. The van der Waals surface area contributed by atoms with Crippen LogP contribution in [0.4, 0.5) is 80.7 Å². The predicted octanol–water partition coefficient (Wildman–Crippen LogP) is 5.26. The van der Waals surface area contributed by atoms with E-state index in [-0.39, 0.29) is 11.5 Å². The van der Waals surface area contributed by atoms with Crippen LogP contribution in [-0.2, 0) is 76.0 Å². The van der Waals surface area contributed by atoms with Crippen molar-refractivity contribution in [2.24, 2.45) is 63.4 Å². The third kappa shape index (κ3) is 15.0. The Labute approximate surface area is 430 Å². The Kier molecular flexibility index (Phi) is 18.2. The second-order valence-corrected chi connectivity index (χ2v) is 16.3. The summed E-state index contributed by atoms with van der Waals surface area (Å²) < 4.78 is 76.6. The van der Waals surface area contributed by atoms with Gasteiger partial charge in [0.05, 0.1) is 22.8 Å². The summed E-state index contributed by atoms with van der Waals surface area (Å²) in [7, 11) is 15.8. The summed E-state index contributed by atoms with van der Waals surface area (Å²) in [6.07, 6.45) is 3.53. The van der Waals surface area contributed by atoms with Gasteiger partial charge in [0.1, 0.15) is 60.6 Å².